The number of nitrogens with zero attached hydrogens (tertiary/aromatic N) is 2. The zero-order chi connectivity index (χ0) is 27.2. The number of ether oxygens (including phenoxy) is 3. The highest BCUT2D eigenvalue weighted by Gasteiger charge is 2.75. The van der Waals surface area contributed by atoms with Gasteiger partial charge in [-0.1, -0.05) is 44.6 Å². The maximum Gasteiger partial charge on any atom is 0.313 e. The van der Waals surface area contributed by atoms with Crippen LogP contribution in [0.25, 0.3) is 0 Å². The molecule has 2 fully saturated rings. The Hall–Kier alpha value is -3.17. The third-order valence-corrected chi connectivity index (χ3v) is 8.69. The zero-order valence-corrected chi connectivity index (χ0v) is 22.3. The van der Waals surface area contributed by atoms with Crippen molar-refractivity contribution in [2.75, 3.05) is 31.8 Å². The van der Waals surface area contributed by atoms with Crippen LogP contribution >= 0.6 is 0 Å². The van der Waals surface area contributed by atoms with Crippen molar-refractivity contribution in [2.45, 2.75) is 56.9 Å². The van der Waals surface area contributed by atoms with E-state index in [0.717, 1.165) is 0 Å². The van der Waals surface area contributed by atoms with Crippen LogP contribution in [0, 0.1) is 17.8 Å². The molecular weight excluding hydrogens is 488 g/mol. The molecule has 0 bridgehead atoms. The fourth-order valence-electron chi connectivity index (χ4n) is 6.59. The van der Waals surface area contributed by atoms with Crippen LogP contribution < -0.4 is 9.64 Å². The maximum absolute atomic E-state index is 14.5. The molecule has 0 saturated carbocycles. The molecule has 7 atom stereocenters. The summed E-state index contributed by atoms with van der Waals surface area (Å²) in [6.07, 6.45) is 8.60. The number of fused-ring (bicyclic) bond motifs is 2. The first-order chi connectivity index (χ1) is 18.2. The lowest BCUT2D eigenvalue weighted by molar-refractivity contribution is -0.160. The summed E-state index contributed by atoms with van der Waals surface area (Å²) in [5.74, 6) is -2.54. The summed E-state index contributed by atoms with van der Waals surface area (Å²) in [6.45, 7) is 5.88. The van der Waals surface area contributed by atoms with Crippen LogP contribution in [0.1, 0.15) is 33.6 Å². The van der Waals surface area contributed by atoms with Crippen molar-refractivity contribution < 1.29 is 33.7 Å². The molecule has 1 spiro atoms. The largest absolute Gasteiger partial charge is 0.497 e. The van der Waals surface area contributed by atoms with E-state index in [9.17, 15) is 19.5 Å². The third kappa shape index (κ3) is 3.86. The number of benzene rings is 1. The Morgan fingerprint density at radius 2 is 1.84 bits per heavy atom. The molecule has 2 saturated heterocycles. The Bertz CT molecular complexity index is 1160. The standard InChI is InChI=1S/C29H36N2O7/c1-5-18(2)21(17-32)31-24-26(34)30(19-9-11-20(36-4)12-10-19)15-8-14-29(24)22(25(31)33)23-27(35)37-16-7-6-13-28(23,3)38-29/h6,8-14,18,21-24,32H,5,7,15-17H2,1-4H3/t18-,21-,22-,23-,24?,28+,29-/m0/s1. The Morgan fingerprint density at radius 1 is 1.11 bits per heavy atom. The molecular formula is C29H36N2O7. The molecule has 9 nitrogen and oxygen atoms in total. The lowest BCUT2D eigenvalue weighted by atomic mass is 9.74. The fraction of sp³-hybridized carbons (Fsp3) is 0.552. The quantitative estimate of drug-likeness (QED) is 0.450. The second kappa shape index (κ2) is 9.85. The van der Waals surface area contributed by atoms with E-state index in [4.69, 9.17) is 14.2 Å². The molecule has 4 aliphatic heterocycles. The van der Waals surface area contributed by atoms with Gasteiger partial charge in [-0.25, -0.2) is 0 Å². The van der Waals surface area contributed by atoms with Gasteiger partial charge in [0.2, 0.25) is 5.91 Å². The average Bonchev–Trinajstić information content (AvgIpc) is 3.23. The lowest BCUT2D eigenvalue weighted by Gasteiger charge is -2.41. The Balaban J connectivity index is 1.67. The van der Waals surface area contributed by atoms with Crippen molar-refractivity contribution in [1.29, 1.82) is 0 Å². The van der Waals surface area contributed by atoms with Crippen molar-refractivity contribution in [3.05, 3.63) is 48.6 Å². The van der Waals surface area contributed by atoms with Crippen LogP contribution in [0.15, 0.2) is 48.6 Å². The number of hydrogen-bond donors (Lipinski definition) is 1. The van der Waals surface area contributed by atoms with Crippen LogP contribution in [0.5, 0.6) is 5.75 Å². The average molecular weight is 525 g/mol. The summed E-state index contributed by atoms with van der Waals surface area (Å²) < 4.78 is 17.6. The number of aliphatic hydroxyl groups is 1. The smallest absolute Gasteiger partial charge is 0.313 e. The van der Waals surface area contributed by atoms with Crippen molar-refractivity contribution in [3.8, 4) is 5.75 Å². The predicted molar refractivity (Wildman–Crippen MR) is 139 cm³/mol. The number of likely N-dealkylation sites (tertiary alicyclic amines) is 1. The van der Waals surface area contributed by atoms with Crippen molar-refractivity contribution in [3.63, 3.8) is 0 Å². The summed E-state index contributed by atoms with van der Waals surface area (Å²) in [5.41, 5.74) is -1.89. The van der Waals surface area contributed by atoms with E-state index in [0.29, 0.717) is 24.3 Å². The van der Waals surface area contributed by atoms with Gasteiger partial charge in [0, 0.05) is 12.2 Å². The maximum atomic E-state index is 14.5. The van der Waals surface area contributed by atoms with E-state index in [-0.39, 0.29) is 37.5 Å². The summed E-state index contributed by atoms with van der Waals surface area (Å²) in [4.78, 5) is 45.4. The molecule has 1 aromatic rings. The molecule has 1 unspecified atom stereocenters. The van der Waals surface area contributed by atoms with Gasteiger partial charge >= 0.3 is 5.97 Å². The highest BCUT2D eigenvalue weighted by atomic mass is 16.6. The monoisotopic (exact) mass is 524 g/mol. The van der Waals surface area contributed by atoms with E-state index in [1.165, 1.54) is 4.90 Å². The number of anilines is 1. The molecule has 1 aromatic carbocycles. The summed E-state index contributed by atoms with van der Waals surface area (Å²) in [5, 5.41) is 10.5. The van der Waals surface area contributed by atoms with Gasteiger partial charge in [-0.2, -0.15) is 0 Å². The third-order valence-electron chi connectivity index (χ3n) is 8.69. The molecule has 4 heterocycles. The summed E-state index contributed by atoms with van der Waals surface area (Å²) in [7, 11) is 1.58. The summed E-state index contributed by atoms with van der Waals surface area (Å²) in [6, 6.07) is 5.45. The minimum Gasteiger partial charge on any atom is -0.497 e. The Kier molecular flexibility index (Phi) is 6.86. The predicted octanol–water partition coefficient (Wildman–Crippen LogP) is 2.48. The highest BCUT2D eigenvalue weighted by molar-refractivity contribution is 6.05. The number of carbonyl (C=O) groups is 3. The van der Waals surface area contributed by atoms with Crippen LogP contribution in [-0.2, 0) is 23.9 Å². The number of cyclic esters (lactones) is 1. The Labute approximate surface area is 223 Å². The number of aliphatic hydroxyl groups excluding tert-OH is 1. The first kappa shape index (κ1) is 26.4. The van der Waals surface area contributed by atoms with Gasteiger partial charge in [0.05, 0.1) is 37.9 Å². The lowest BCUT2D eigenvalue weighted by Crippen LogP contribution is -2.60. The van der Waals surface area contributed by atoms with Crippen LogP contribution in [0.4, 0.5) is 5.69 Å². The second-order valence-corrected chi connectivity index (χ2v) is 10.8. The Morgan fingerprint density at radius 3 is 2.50 bits per heavy atom. The number of hydrogen-bond acceptors (Lipinski definition) is 7. The number of methoxy groups -OCH3 is 1. The number of carbonyl (C=O) groups excluding carboxylic acids is 3. The molecule has 0 aliphatic carbocycles. The number of rotatable bonds is 6. The van der Waals surface area contributed by atoms with Gasteiger partial charge in [0.15, 0.2) is 0 Å². The van der Waals surface area contributed by atoms with E-state index >= 15 is 0 Å². The topological polar surface area (TPSA) is 106 Å². The first-order valence-corrected chi connectivity index (χ1v) is 13.3. The molecule has 5 rings (SSSR count). The fourth-order valence-corrected chi connectivity index (χ4v) is 6.59. The van der Waals surface area contributed by atoms with Gasteiger partial charge in [0.1, 0.15) is 23.3 Å². The van der Waals surface area contributed by atoms with Gasteiger partial charge < -0.3 is 29.1 Å². The minimum absolute atomic E-state index is 0.0927. The first-order valence-electron chi connectivity index (χ1n) is 13.3. The van der Waals surface area contributed by atoms with Crippen molar-refractivity contribution in [1.82, 2.24) is 4.90 Å². The highest BCUT2D eigenvalue weighted by Crippen LogP contribution is 2.58. The van der Waals surface area contributed by atoms with Crippen LogP contribution in [0.3, 0.4) is 0 Å². The molecule has 204 valence electrons. The van der Waals surface area contributed by atoms with Crippen LogP contribution in [0.2, 0.25) is 0 Å². The molecule has 1 N–H and O–H groups in total. The molecule has 38 heavy (non-hydrogen) atoms. The van der Waals surface area contributed by atoms with E-state index in [2.05, 4.69) is 0 Å². The summed E-state index contributed by atoms with van der Waals surface area (Å²) >= 11 is 0. The SMILES string of the molecule is CC[C@H](C)[C@H](CO)N1C(=O)[C@@H]2[C@H]3C(=O)OCCC=C[C@@]3(C)O[C@@]23C=CCN(c2ccc(OC)cc2)C(=O)C13. The zero-order valence-electron chi connectivity index (χ0n) is 22.3. The molecule has 4 aliphatic rings. The van der Waals surface area contributed by atoms with E-state index < -0.39 is 41.1 Å². The van der Waals surface area contributed by atoms with E-state index in [1.54, 1.807) is 49.3 Å². The van der Waals surface area contributed by atoms with Gasteiger partial charge in [-0.3, -0.25) is 14.4 Å². The van der Waals surface area contributed by atoms with Gasteiger partial charge in [-0.15, -0.1) is 0 Å². The molecule has 2 amide bonds. The van der Waals surface area contributed by atoms with Crippen LogP contribution in [-0.4, -0.2) is 77.9 Å². The molecule has 9 heteroatoms. The number of amides is 2. The second-order valence-electron chi connectivity index (χ2n) is 10.8. The van der Waals surface area contributed by atoms with Gasteiger partial charge in [-0.05, 0) is 43.5 Å². The molecule has 0 aromatic heterocycles. The van der Waals surface area contributed by atoms with E-state index in [1.807, 2.05) is 32.1 Å². The van der Waals surface area contributed by atoms with Crippen molar-refractivity contribution >= 4 is 23.5 Å². The number of esters is 1. The van der Waals surface area contributed by atoms with Gasteiger partial charge in [0.25, 0.3) is 5.91 Å². The normalized spacial score (nSPS) is 34.0. The van der Waals surface area contributed by atoms with Crippen molar-refractivity contribution in [2.24, 2.45) is 17.8 Å². The molecule has 0 radical (unpaired) electrons. The minimum atomic E-state index is -1.40.